The number of esters is 1. The predicted octanol–water partition coefficient (Wildman–Crippen LogP) is 4.28. The predicted molar refractivity (Wildman–Crippen MR) is 110 cm³/mol. The van der Waals surface area contributed by atoms with Crippen molar-refractivity contribution in [3.05, 3.63) is 82.4 Å². The zero-order valence-corrected chi connectivity index (χ0v) is 17.0. The molecule has 150 valence electrons. The van der Waals surface area contributed by atoms with E-state index >= 15 is 0 Å². The summed E-state index contributed by atoms with van der Waals surface area (Å²) in [5, 5.41) is 0. The summed E-state index contributed by atoms with van der Waals surface area (Å²) >= 11 is 0. The molecule has 0 amide bonds. The van der Waals surface area contributed by atoms with Crippen molar-refractivity contribution < 1.29 is 19.1 Å². The molecular weight excluding hydrogens is 368 g/mol. The molecule has 0 aliphatic rings. The standard InChI is InChI=1S/C23H24N2O4/c1-14-10-20(16(3)25(14)15(2)18-8-6-5-7-9-18)22(27)13-29-23(28)21-11-19(12-24-21)17(4)26/h5-12,15,24H,13H2,1-4H3/t15-/m0/s1. The fraction of sp³-hybridized carbons (Fsp3) is 0.261. The van der Waals surface area contributed by atoms with Crippen LogP contribution in [0.3, 0.4) is 0 Å². The van der Waals surface area contributed by atoms with Crippen LogP contribution in [0.25, 0.3) is 0 Å². The van der Waals surface area contributed by atoms with Gasteiger partial charge in [-0.3, -0.25) is 9.59 Å². The molecule has 0 unspecified atom stereocenters. The van der Waals surface area contributed by atoms with Gasteiger partial charge in [-0.15, -0.1) is 0 Å². The summed E-state index contributed by atoms with van der Waals surface area (Å²) in [7, 11) is 0. The van der Waals surface area contributed by atoms with Crippen molar-refractivity contribution in [3.63, 3.8) is 0 Å². The molecule has 2 aromatic heterocycles. The highest BCUT2D eigenvalue weighted by molar-refractivity contribution is 6.01. The number of aryl methyl sites for hydroxylation is 1. The average Bonchev–Trinajstić information content (AvgIpc) is 3.31. The van der Waals surface area contributed by atoms with Gasteiger partial charge in [-0.25, -0.2) is 4.79 Å². The first-order valence-electron chi connectivity index (χ1n) is 9.42. The molecule has 29 heavy (non-hydrogen) atoms. The molecule has 0 bridgehead atoms. The first-order chi connectivity index (χ1) is 13.8. The molecule has 0 saturated heterocycles. The number of aromatic nitrogens is 2. The molecule has 0 fully saturated rings. The van der Waals surface area contributed by atoms with E-state index in [1.165, 1.54) is 19.2 Å². The Morgan fingerprint density at radius 2 is 1.79 bits per heavy atom. The Morgan fingerprint density at radius 1 is 1.10 bits per heavy atom. The molecule has 1 aromatic carbocycles. The van der Waals surface area contributed by atoms with Crippen LogP contribution in [0.15, 0.2) is 48.7 Å². The van der Waals surface area contributed by atoms with Crippen LogP contribution in [-0.4, -0.2) is 33.7 Å². The first kappa shape index (κ1) is 20.3. The lowest BCUT2D eigenvalue weighted by molar-refractivity contribution is 0.0469. The molecule has 0 aliphatic heterocycles. The first-order valence-corrected chi connectivity index (χ1v) is 9.42. The Morgan fingerprint density at radius 3 is 2.41 bits per heavy atom. The van der Waals surface area contributed by atoms with Gasteiger partial charge in [0.2, 0.25) is 5.78 Å². The number of benzene rings is 1. The smallest absolute Gasteiger partial charge is 0.355 e. The monoisotopic (exact) mass is 392 g/mol. The number of nitrogens with one attached hydrogen (secondary N) is 1. The molecule has 0 spiro atoms. The molecule has 3 aromatic rings. The number of ketones is 2. The normalized spacial score (nSPS) is 11.9. The lowest BCUT2D eigenvalue weighted by Crippen LogP contribution is -2.16. The zero-order chi connectivity index (χ0) is 21.1. The van der Waals surface area contributed by atoms with Gasteiger partial charge in [-0.2, -0.15) is 0 Å². The van der Waals surface area contributed by atoms with Crippen molar-refractivity contribution in [1.29, 1.82) is 0 Å². The maximum atomic E-state index is 12.7. The Labute approximate surface area is 169 Å². The number of rotatable bonds is 7. The second kappa shape index (κ2) is 8.31. The van der Waals surface area contributed by atoms with E-state index in [-0.39, 0.29) is 29.9 Å². The van der Waals surface area contributed by atoms with E-state index in [1.54, 1.807) is 0 Å². The van der Waals surface area contributed by atoms with Crippen molar-refractivity contribution in [1.82, 2.24) is 9.55 Å². The Balaban J connectivity index is 1.73. The van der Waals surface area contributed by atoms with Gasteiger partial charge in [0, 0.05) is 28.7 Å². The van der Waals surface area contributed by atoms with Gasteiger partial charge in [0.1, 0.15) is 5.69 Å². The van der Waals surface area contributed by atoms with Gasteiger partial charge in [-0.05, 0) is 45.4 Å². The zero-order valence-electron chi connectivity index (χ0n) is 17.0. The second-order valence-corrected chi connectivity index (χ2v) is 7.10. The summed E-state index contributed by atoms with van der Waals surface area (Å²) in [5.74, 6) is -1.09. The van der Waals surface area contributed by atoms with Crippen molar-refractivity contribution in [2.75, 3.05) is 6.61 Å². The lowest BCUT2D eigenvalue weighted by Gasteiger charge is -2.19. The number of aromatic amines is 1. The molecule has 0 aliphatic carbocycles. The number of H-pyrrole nitrogens is 1. The van der Waals surface area contributed by atoms with Crippen molar-refractivity contribution in [2.24, 2.45) is 0 Å². The van der Waals surface area contributed by atoms with Crippen LogP contribution in [0.2, 0.25) is 0 Å². The fourth-order valence-corrected chi connectivity index (χ4v) is 3.54. The van der Waals surface area contributed by atoms with Gasteiger partial charge in [0.15, 0.2) is 12.4 Å². The summed E-state index contributed by atoms with van der Waals surface area (Å²) in [5.41, 5.74) is 4.01. The van der Waals surface area contributed by atoms with Crippen LogP contribution >= 0.6 is 0 Å². The third-order valence-electron chi connectivity index (χ3n) is 5.10. The average molecular weight is 392 g/mol. The van der Waals surface area contributed by atoms with Gasteiger partial charge >= 0.3 is 5.97 Å². The molecule has 6 nitrogen and oxygen atoms in total. The van der Waals surface area contributed by atoms with E-state index in [1.807, 2.05) is 38.1 Å². The molecule has 2 heterocycles. The summed E-state index contributed by atoms with van der Waals surface area (Å²) in [4.78, 5) is 38.9. The highest BCUT2D eigenvalue weighted by atomic mass is 16.5. The van der Waals surface area contributed by atoms with Gasteiger partial charge in [0.25, 0.3) is 0 Å². The van der Waals surface area contributed by atoms with Gasteiger partial charge in [-0.1, -0.05) is 30.3 Å². The third kappa shape index (κ3) is 4.21. The number of carbonyl (C=O) groups excluding carboxylic acids is 3. The number of Topliss-reactive ketones (excluding diaryl/α,β-unsaturated/α-hetero) is 2. The van der Waals surface area contributed by atoms with Crippen LogP contribution < -0.4 is 0 Å². The van der Waals surface area contributed by atoms with Gasteiger partial charge in [0.05, 0.1) is 6.04 Å². The molecule has 0 saturated carbocycles. The molecule has 1 atom stereocenters. The van der Waals surface area contributed by atoms with Crippen molar-refractivity contribution in [3.8, 4) is 0 Å². The Kier molecular flexibility index (Phi) is 5.82. The van der Waals surface area contributed by atoms with E-state index in [4.69, 9.17) is 4.74 Å². The maximum Gasteiger partial charge on any atom is 0.355 e. The highest BCUT2D eigenvalue weighted by Gasteiger charge is 2.21. The molecule has 0 radical (unpaired) electrons. The lowest BCUT2D eigenvalue weighted by atomic mass is 10.1. The number of nitrogens with zero attached hydrogens (tertiary/aromatic N) is 1. The molecule has 1 N–H and O–H groups in total. The van der Waals surface area contributed by atoms with Gasteiger partial charge < -0.3 is 14.3 Å². The van der Waals surface area contributed by atoms with E-state index in [2.05, 4.69) is 28.6 Å². The second-order valence-electron chi connectivity index (χ2n) is 7.10. The SMILES string of the molecule is CC(=O)c1c[nH]c(C(=O)OCC(=O)c2cc(C)n([C@@H](C)c3ccccc3)c2C)c1. The van der Waals surface area contributed by atoms with Crippen LogP contribution in [0.5, 0.6) is 0 Å². The summed E-state index contributed by atoms with van der Waals surface area (Å²) in [6.45, 7) is 6.98. The topological polar surface area (TPSA) is 81.2 Å². The van der Waals surface area contributed by atoms with Crippen LogP contribution in [0, 0.1) is 13.8 Å². The summed E-state index contributed by atoms with van der Waals surface area (Å²) < 4.78 is 7.25. The fourth-order valence-electron chi connectivity index (χ4n) is 3.54. The van der Waals surface area contributed by atoms with Crippen molar-refractivity contribution >= 4 is 17.5 Å². The largest absolute Gasteiger partial charge is 0.453 e. The number of hydrogen-bond donors (Lipinski definition) is 1. The summed E-state index contributed by atoms with van der Waals surface area (Å²) in [6, 6.07) is 13.4. The van der Waals surface area contributed by atoms with Crippen LogP contribution in [0.4, 0.5) is 0 Å². The molecule has 6 heteroatoms. The van der Waals surface area contributed by atoms with Crippen LogP contribution in [0.1, 0.15) is 68.0 Å². The quantitative estimate of drug-likeness (QED) is 0.480. The number of hydrogen-bond acceptors (Lipinski definition) is 4. The minimum Gasteiger partial charge on any atom is -0.453 e. The minimum atomic E-state index is -0.669. The minimum absolute atomic E-state index is 0.0734. The number of carbonyl (C=O) groups is 3. The van der Waals surface area contributed by atoms with Crippen molar-refractivity contribution in [2.45, 2.75) is 33.7 Å². The maximum absolute atomic E-state index is 12.7. The Hall–Kier alpha value is -3.41. The van der Waals surface area contributed by atoms with Crippen LogP contribution in [-0.2, 0) is 4.74 Å². The highest BCUT2D eigenvalue weighted by Crippen LogP contribution is 2.25. The van der Waals surface area contributed by atoms with E-state index < -0.39 is 5.97 Å². The van der Waals surface area contributed by atoms with E-state index in [9.17, 15) is 14.4 Å². The third-order valence-corrected chi connectivity index (χ3v) is 5.10. The van der Waals surface area contributed by atoms with E-state index in [0.717, 1.165) is 17.0 Å². The van der Waals surface area contributed by atoms with E-state index in [0.29, 0.717) is 11.1 Å². The number of ether oxygens (including phenoxy) is 1. The molecular formula is C23H24N2O4. The Bertz CT molecular complexity index is 1060. The molecule has 3 rings (SSSR count). The summed E-state index contributed by atoms with van der Waals surface area (Å²) in [6.07, 6.45) is 1.44.